The molecule has 0 spiro atoms. The molecule has 0 fully saturated rings. The van der Waals surface area contributed by atoms with E-state index in [2.05, 4.69) is 82.9 Å². The van der Waals surface area contributed by atoms with Crippen molar-refractivity contribution in [2.24, 2.45) is 0 Å². The minimum atomic E-state index is 0.643. The van der Waals surface area contributed by atoms with Crippen molar-refractivity contribution in [2.75, 3.05) is 37.8 Å². The van der Waals surface area contributed by atoms with E-state index in [1.165, 1.54) is 11.1 Å². The second-order valence-corrected chi connectivity index (χ2v) is 6.90. The first-order valence-corrected chi connectivity index (χ1v) is 9.23. The van der Waals surface area contributed by atoms with Gasteiger partial charge in [0.25, 0.3) is 0 Å². The van der Waals surface area contributed by atoms with Crippen LogP contribution in [-0.2, 0) is 6.54 Å². The molecular weight excluding hydrogens is 334 g/mol. The molecule has 2 N–H and O–H groups in total. The largest absolute Gasteiger partial charge is 0.366 e. The zero-order chi connectivity index (χ0) is 19.1. The van der Waals surface area contributed by atoms with Crippen LogP contribution in [0.25, 0.3) is 11.3 Å². The van der Waals surface area contributed by atoms with Crippen molar-refractivity contribution < 1.29 is 0 Å². The molecule has 0 saturated heterocycles. The zero-order valence-corrected chi connectivity index (χ0v) is 16.2. The minimum absolute atomic E-state index is 0.643. The Morgan fingerprint density at radius 1 is 0.889 bits per heavy atom. The molecule has 0 radical (unpaired) electrons. The van der Waals surface area contributed by atoms with E-state index in [1.807, 2.05) is 24.3 Å². The summed E-state index contributed by atoms with van der Waals surface area (Å²) >= 11 is 0. The molecule has 3 aromatic rings. The standard InChI is InChI=1S/C22H27N5/c1-17-9-11-18(12-10-17)16-24-21-15-20(19-7-5-4-6-8-19)25-22(26-21)23-13-14-27(2)3/h4-12,15H,13-14,16H2,1-3H3,(H2,23,24,25,26). The lowest BCUT2D eigenvalue weighted by atomic mass is 10.1. The van der Waals surface area contributed by atoms with E-state index in [9.17, 15) is 0 Å². The molecule has 27 heavy (non-hydrogen) atoms. The second kappa shape index (κ2) is 9.14. The van der Waals surface area contributed by atoms with Crippen molar-refractivity contribution in [2.45, 2.75) is 13.5 Å². The summed E-state index contributed by atoms with van der Waals surface area (Å²) < 4.78 is 0. The summed E-state index contributed by atoms with van der Waals surface area (Å²) in [4.78, 5) is 11.5. The Hall–Kier alpha value is -2.92. The highest BCUT2D eigenvalue weighted by Gasteiger charge is 2.07. The van der Waals surface area contributed by atoms with Gasteiger partial charge in [-0.1, -0.05) is 60.2 Å². The maximum atomic E-state index is 4.69. The fourth-order valence-electron chi connectivity index (χ4n) is 2.66. The smallest absolute Gasteiger partial charge is 0.225 e. The van der Waals surface area contributed by atoms with E-state index in [-0.39, 0.29) is 0 Å². The van der Waals surface area contributed by atoms with Crippen molar-refractivity contribution >= 4 is 11.8 Å². The Bertz CT molecular complexity index is 844. The molecule has 0 aliphatic heterocycles. The molecule has 0 aliphatic carbocycles. The van der Waals surface area contributed by atoms with E-state index in [4.69, 9.17) is 0 Å². The first kappa shape index (κ1) is 18.9. The van der Waals surface area contributed by atoms with Crippen LogP contribution < -0.4 is 10.6 Å². The summed E-state index contributed by atoms with van der Waals surface area (Å²) in [5.41, 5.74) is 4.47. The lowest BCUT2D eigenvalue weighted by Crippen LogP contribution is -2.21. The van der Waals surface area contributed by atoms with Gasteiger partial charge in [0.2, 0.25) is 5.95 Å². The van der Waals surface area contributed by atoms with Crippen LogP contribution in [0.4, 0.5) is 11.8 Å². The molecule has 0 amide bonds. The molecule has 3 rings (SSSR count). The first-order valence-electron chi connectivity index (χ1n) is 9.23. The average molecular weight is 361 g/mol. The summed E-state index contributed by atoms with van der Waals surface area (Å²) in [6.45, 7) is 4.54. The maximum absolute atomic E-state index is 4.69. The predicted molar refractivity (Wildman–Crippen MR) is 113 cm³/mol. The molecule has 5 nitrogen and oxygen atoms in total. The Kier molecular flexibility index (Phi) is 6.39. The zero-order valence-electron chi connectivity index (χ0n) is 16.2. The van der Waals surface area contributed by atoms with Crippen LogP contribution in [0.2, 0.25) is 0 Å². The highest BCUT2D eigenvalue weighted by molar-refractivity contribution is 5.64. The van der Waals surface area contributed by atoms with Gasteiger partial charge < -0.3 is 15.5 Å². The number of hydrogen-bond acceptors (Lipinski definition) is 5. The topological polar surface area (TPSA) is 53.1 Å². The van der Waals surface area contributed by atoms with Gasteiger partial charge in [-0.25, -0.2) is 4.98 Å². The number of anilines is 2. The third kappa shape index (κ3) is 5.79. The van der Waals surface area contributed by atoms with Crippen molar-refractivity contribution in [1.29, 1.82) is 0 Å². The number of aryl methyl sites for hydroxylation is 1. The molecule has 2 aromatic carbocycles. The quantitative estimate of drug-likeness (QED) is 0.634. The molecule has 0 bridgehead atoms. The molecule has 0 atom stereocenters. The van der Waals surface area contributed by atoms with Crippen molar-refractivity contribution in [1.82, 2.24) is 14.9 Å². The van der Waals surface area contributed by atoms with Gasteiger partial charge in [0, 0.05) is 31.3 Å². The molecule has 140 valence electrons. The van der Waals surface area contributed by atoms with Crippen LogP contribution in [0, 0.1) is 6.92 Å². The molecular formula is C22H27N5. The van der Waals surface area contributed by atoms with Gasteiger partial charge in [0.05, 0.1) is 5.69 Å². The highest BCUT2D eigenvalue weighted by atomic mass is 15.2. The van der Waals surface area contributed by atoms with Gasteiger partial charge in [-0.15, -0.1) is 0 Å². The van der Waals surface area contributed by atoms with Crippen LogP contribution in [0.5, 0.6) is 0 Å². The Morgan fingerprint density at radius 3 is 2.33 bits per heavy atom. The van der Waals surface area contributed by atoms with E-state index in [1.54, 1.807) is 0 Å². The molecule has 1 aromatic heterocycles. The van der Waals surface area contributed by atoms with E-state index in [0.29, 0.717) is 5.95 Å². The predicted octanol–water partition coefficient (Wildman–Crippen LogP) is 4.04. The van der Waals surface area contributed by atoms with Crippen molar-refractivity contribution in [3.63, 3.8) is 0 Å². The van der Waals surface area contributed by atoms with Gasteiger partial charge in [-0.2, -0.15) is 4.98 Å². The molecule has 0 saturated carbocycles. The SMILES string of the molecule is Cc1ccc(CNc2cc(-c3ccccc3)nc(NCCN(C)C)n2)cc1. The molecule has 1 heterocycles. The maximum Gasteiger partial charge on any atom is 0.225 e. The summed E-state index contributed by atoms with van der Waals surface area (Å²) in [6.07, 6.45) is 0. The number of aromatic nitrogens is 2. The van der Waals surface area contributed by atoms with Crippen LogP contribution in [-0.4, -0.2) is 42.1 Å². The van der Waals surface area contributed by atoms with E-state index < -0.39 is 0 Å². The lowest BCUT2D eigenvalue weighted by molar-refractivity contribution is 0.425. The second-order valence-electron chi connectivity index (χ2n) is 6.90. The number of rotatable bonds is 8. The average Bonchev–Trinajstić information content (AvgIpc) is 2.68. The Morgan fingerprint density at radius 2 is 1.63 bits per heavy atom. The summed E-state index contributed by atoms with van der Waals surface area (Å²) in [5, 5.41) is 6.76. The van der Waals surface area contributed by atoms with E-state index >= 15 is 0 Å². The van der Waals surface area contributed by atoms with Crippen LogP contribution in [0.15, 0.2) is 60.7 Å². The number of likely N-dealkylation sites (N-methyl/N-ethyl adjacent to an activating group) is 1. The fraction of sp³-hybridized carbons (Fsp3) is 0.273. The molecule has 0 aliphatic rings. The fourth-order valence-corrected chi connectivity index (χ4v) is 2.66. The Balaban J connectivity index is 1.79. The van der Waals surface area contributed by atoms with Crippen LogP contribution in [0.1, 0.15) is 11.1 Å². The minimum Gasteiger partial charge on any atom is -0.366 e. The third-order valence-corrected chi connectivity index (χ3v) is 4.23. The van der Waals surface area contributed by atoms with Gasteiger partial charge in [0.15, 0.2) is 0 Å². The van der Waals surface area contributed by atoms with E-state index in [0.717, 1.165) is 36.7 Å². The van der Waals surface area contributed by atoms with Gasteiger partial charge in [-0.3, -0.25) is 0 Å². The normalized spacial score (nSPS) is 10.8. The van der Waals surface area contributed by atoms with Gasteiger partial charge in [0.1, 0.15) is 5.82 Å². The first-order chi connectivity index (χ1) is 13.1. The number of nitrogens with one attached hydrogen (secondary N) is 2. The summed E-state index contributed by atoms with van der Waals surface area (Å²) in [6, 6.07) is 20.7. The summed E-state index contributed by atoms with van der Waals surface area (Å²) in [7, 11) is 4.11. The third-order valence-electron chi connectivity index (χ3n) is 4.23. The summed E-state index contributed by atoms with van der Waals surface area (Å²) in [5.74, 6) is 1.46. The number of hydrogen-bond donors (Lipinski definition) is 2. The number of nitrogens with zero attached hydrogens (tertiary/aromatic N) is 3. The lowest BCUT2D eigenvalue weighted by Gasteiger charge is -2.13. The highest BCUT2D eigenvalue weighted by Crippen LogP contribution is 2.21. The molecule has 5 heteroatoms. The van der Waals surface area contributed by atoms with Crippen LogP contribution >= 0.6 is 0 Å². The Labute approximate surface area is 161 Å². The van der Waals surface area contributed by atoms with Crippen molar-refractivity contribution in [3.05, 3.63) is 71.8 Å². The van der Waals surface area contributed by atoms with Crippen LogP contribution in [0.3, 0.4) is 0 Å². The van der Waals surface area contributed by atoms with Gasteiger partial charge >= 0.3 is 0 Å². The van der Waals surface area contributed by atoms with Crippen molar-refractivity contribution in [3.8, 4) is 11.3 Å². The van der Waals surface area contributed by atoms with Gasteiger partial charge in [-0.05, 0) is 26.6 Å². The monoisotopic (exact) mass is 361 g/mol. The number of benzene rings is 2. The molecule has 0 unspecified atom stereocenters.